The number of rotatable bonds is 9. The first-order valence-corrected chi connectivity index (χ1v) is 13.9. The van der Waals surface area contributed by atoms with Gasteiger partial charge in [-0.1, -0.05) is 59.8 Å². The third-order valence-electron chi connectivity index (χ3n) is 5.15. The van der Waals surface area contributed by atoms with Crippen LogP contribution in [0.25, 0.3) is 0 Å². The van der Waals surface area contributed by atoms with Crippen LogP contribution < -0.4 is 14.8 Å². The number of nitrogens with one attached hydrogen (secondary N) is 2. The van der Waals surface area contributed by atoms with E-state index >= 15 is 0 Å². The fourth-order valence-corrected chi connectivity index (χ4v) is 5.64. The van der Waals surface area contributed by atoms with E-state index in [4.69, 9.17) is 16.3 Å². The summed E-state index contributed by atoms with van der Waals surface area (Å²) in [4.78, 5) is 14.1. The average molecular weight is 593 g/mol. The Balaban J connectivity index is 1.39. The molecule has 6 nitrogen and oxygen atoms in total. The fraction of sp³-hybridized carbons (Fsp3) is 0.0741. The largest absolute Gasteiger partial charge is 0.482 e. The van der Waals surface area contributed by atoms with Gasteiger partial charge in [-0.05, 0) is 60.7 Å². The lowest BCUT2D eigenvalue weighted by Gasteiger charge is -2.13. The molecule has 4 aromatic rings. The molecule has 0 radical (unpaired) electrons. The summed E-state index contributed by atoms with van der Waals surface area (Å²) in [6.07, 6.45) is -4.63. The molecule has 4 rings (SSSR count). The Morgan fingerprint density at radius 1 is 0.897 bits per heavy atom. The van der Waals surface area contributed by atoms with E-state index in [2.05, 4.69) is 10.0 Å². The number of ether oxygens (including phenoxy) is 1. The van der Waals surface area contributed by atoms with E-state index in [1.807, 2.05) is 42.5 Å². The minimum atomic E-state index is -4.63. The molecule has 202 valence electrons. The first kappa shape index (κ1) is 28.3. The predicted molar refractivity (Wildman–Crippen MR) is 145 cm³/mol. The van der Waals surface area contributed by atoms with Gasteiger partial charge in [-0.25, -0.2) is 8.42 Å². The molecule has 1 amide bonds. The number of halogens is 4. The summed E-state index contributed by atoms with van der Waals surface area (Å²) in [5, 5.41) is 2.68. The molecule has 0 bridgehead atoms. The lowest BCUT2D eigenvalue weighted by atomic mass is 10.2. The van der Waals surface area contributed by atoms with Crippen LogP contribution in [0, 0.1) is 0 Å². The summed E-state index contributed by atoms with van der Waals surface area (Å²) in [5.41, 5.74) is -0.666. The van der Waals surface area contributed by atoms with Crippen molar-refractivity contribution >= 4 is 50.7 Å². The molecule has 0 aromatic heterocycles. The molecular formula is C27H20ClF3N2O4S2. The molecule has 0 aliphatic carbocycles. The second-order valence-electron chi connectivity index (χ2n) is 8.02. The zero-order chi connectivity index (χ0) is 28.0. The van der Waals surface area contributed by atoms with Crippen molar-refractivity contribution in [2.75, 3.05) is 16.6 Å². The number of carbonyl (C=O) groups is 1. The summed E-state index contributed by atoms with van der Waals surface area (Å²) >= 11 is 7.67. The van der Waals surface area contributed by atoms with E-state index in [1.165, 1.54) is 30.0 Å². The van der Waals surface area contributed by atoms with E-state index in [9.17, 15) is 26.4 Å². The zero-order valence-corrected chi connectivity index (χ0v) is 22.3. The van der Waals surface area contributed by atoms with Crippen LogP contribution in [0.1, 0.15) is 5.56 Å². The molecular weight excluding hydrogens is 573 g/mol. The first-order valence-electron chi connectivity index (χ1n) is 11.3. The van der Waals surface area contributed by atoms with E-state index in [0.717, 1.165) is 28.0 Å². The number of hydrogen-bond donors (Lipinski definition) is 2. The van der Waals surface area contributed by atoms with Crippen LogP contribution in [0.3, 0.4) is 0 Å². The number of anilines is 2. The Bertz CT molecular complexity index is 1580. The summed E-state index contributed by atoms with van der Waals surface area (Å²) in [6, 6.07) is 24.2. The van der Waals surface area contributed by atoms with Crippen LogP contribution >= 0.6 is 23.4 Å². The van der Waals surface area contributed by atoms with Crippen LogP contribution in [0.2, 0.25) is 5.02 Å². The van der Waals surface area contributed by atoms with Crippen LogP contribution in [-0.4, -0.2) is 20.9 Å². The van der Waals surface area contributed by atoms with E-state index in [0.29, 0.717) is 11.8 Å². The fourth-order valence-electron chi connectivity index (χ4n) is 3.34. The number of benzene rings is 4. The van der Waals surface area contributed by atoms with Gasteiger partial charge in [0.05, 0.1) is 21.2 Å². The molecule has 0 aliphatic heterocycles. The molecule has 0 atom stereocenters. The van der Waals surface area contributed by atoms with E-state index in [-0.39, 0.29) is 21.4 Å². The number of para-hydroxylation sites is 1. The van der Waals surface area contributed by atoms with Gasteiger partial charge in [-0.2, -0.15) is 13.2 Å². The van der Waals surface area contributed by atoms with Gasteiger partial charge in [0.1, 0.15) is 5.75 Å². The monoisotopic (exact) mass is 592 g/mol. The lowest BCUT2D eigenvalue weighted by Crippen LogP contribution is -2.20. The topological polar surface area (TPSA) is 84.5 Å². The number of carbonyl (C=O) groups excluding carboxylic acids is 1. The zero-order valence-electron chi connectivity index (χ0n) is 19.9. The Kier molecular flexibility index (Phi) is 8.73. The highest BCUT2D eigenvalue weighted by atomic mass is 35.5. The molecule has 0 fully saturated rings. The predicted octanol–water partition coefficient (Wildman–Crippen LogP) is 7.33. The van der Waals surface area contributed by atoms with Gasteiger partial charge in [0.15, 0.2) is 6.61 Å². The molecule has 2 N–H and O–H groups in total. The molecule has 39 heavy (non-hydrogen) atoms. The normalized spacial score (nSPS) is 11.6. The lowest BCUT2D eigenvalue weighted by molar-refractivity contribution is -0.137. The molecule has 0 aliphatic rings. The molecule has 4 aromatic carbocycles. The van der Waals surface area contributed by atoms with Crippen LogP contribution in [0.4, 0.5) is 24.5 Å². The molecule has 0 spiro atoms. The highest BCUT2D eigenvalue weighted by Crippen LogP contribution is 2.34. The van der Waals surface area contributed by atoms with Crippen molar-refractivity contribution in [2.45, 2.75) is 20.9 Å². The Morgan fingerprint density at radius 2 is 1.62 bits per heavy atom. The Labute approximate surface area is 232 Å². The van der Waals surface area contributed by atoms with Gasteiger partial charge in [0, 0.05) is 15.5 Å². The maximum Gasteiger partial charge on any atom is 0.416 e. The Hall–Kier alpha value is -3.67. The van der Waals surface area contributed by atoms with Gasteiger partial charge in [-0.3, -0.25) is 9.52 Å². The SMILES string of the molecule is O=C(COc1ccc(S(=O)(=O)Nc2cccc(C(F)(F)F)c2)cc1Cl)Nc1ccccc1Sc1ccccc1. The van der Waals surface area contributed by atoms with Crippen molar-refractivity contribution < 1.29 is 31.1 Å². The summed E-state index contributed by atoms with van der Waals surface area (Å²) in [5.74, 6) is -0.410. The van der Waals surface area contributed by atoms with Gasteiger partial charge in [0.2, 0.25) is 0 Å². The molecule has 0 heterocycles. The second kappa shape index (κ2) is 12.0. The minimum absolute atomic E-state index is 0.0526. The van der Waals surface area contributed by atoms with Crippen molar-refractivity contribution in [3.05, 3.63) is 108 Å². The average Bonchev–Trinajstić information content (AvgIpc) is 2.89. The minimum Gasteiger partial charge on any atom is -0.482 e. The van der Waals surface area contributed by atoms with Crippen molar-refractivity contribution in [2.24, 2.45) is 0 Å². The quantitative estimate of drug-likeness (QED) is 0.213. The third-order valence-corrected chi connectivity index (χ3v) is 7.90. The molecule has 0 saturated heterocycles. The highest BCUT2D eigenvalue weighted by Gasteiger charge is 2.30. The van der Waals surface area contributed by atoms with Crippen molar-refractivity contribution in [1.82, 2.24) is 0 Å². The summed E-state index contributed by atoms with van der Waals surface area (Å²) in [6.45, 7) is -0.404. The number of alkyl halides is 3. The summed E-state index contributed by atoms with van der Waals surface area (Å²) in [7, 11) is -4.26. The molecule has 0 unspecified atom stereocenters. The summed E-state index contributed by atoms with van der Waals surface area (Å²) < 4.78 is 71.8. The van der Waals surface area contributed by atoms with Gasteiger partial charge < -0.3 is 10.1 Å². The van der Waals surface area contributed by atoms with E-state index in [1.54, 1.807) is 12.1 Å². The number of sulfonamides is 1. The van der Waals surface area contributed by atoms with Gasteiger partial charge >= 0.3 is 6.18 Å². The molecule has 12 heteroatoms. The smallest absolute Gasteiger partial charge is 0.416 e. The standard InChI is InChI=1S/C27H20ClF3N2O4S2/c28-22-16-21(39(35,36)33-19-8-6-7-18(15-19)27(29,30)31)13-14-24(22)37-17-26(34)32-23-11-4-5-12-25(23)38-20-9-2-1-3-10-20/h1-16,33H,17H2,(H,32,34). The van der Waals surface area contributed by atoms with Crippen LogP contribution in [-0.2, 0) is 21.0 Å². The van der Waals surface area contributed by atoms with Crippen molar-refractivity contribution in [3.63, 3.8) is 0 Å². The van der Waals surface area contributed by atoms with Crippen LogP contribution in [0.5, 0.6) is 5.75 Å². The first-order chi connectivity index (χ1) is 18.5. The van der Waals surface area contributed by atoms with Crippen molar-refractivity contribution in [1.29, 1.82) is 0 Å². The third kappa shape index (κ3) is 7.69. The number of amides is 1. The second-order valence-corrected chi connectivity index (χ2v) is 11.2. The number of hydrogen-bond acceptors (Lipinski definition) is 5. The van der Waals surface area contributed by atoms with Gasteiger partial charge in [0.25, 0.3) is 15.9 Å². The maximum absolute atomic E-state index is 12.9. The highest BCUT2D eigenvalue weighted by molar-refractivity contribution is 7.99. The molecule has 0 saturated carbocycles. The van der Waals surface area contributed by atoms with E-state index < -0.39 is 34.3 Å². The maximum atomic E-state index is 12.9. The Morgan fingerprint density at radius 3 is 2.33 bits per heavy atom. The van der Waals surface area contributed by atoms with Crippen molar-refractivity contribution in [3.8, 4) is 5.75 Å². The van der Waals surface area contributed by atoms with Gasteiger partial charge in [-0.15, -0.1) is 0 Å². The van der Waals surface area contributed by atoms with Crippen LogP contribution in [0.15, 0.2) is 112 Å².